The fourth-order valence-corrected chi connectivity index (χ4v) is 2.01. The maximum absolute atomic E-state index is 11.2. The van der Waals surface area contributed by atoms with Crippen LogP contribution in [0.2, 0.25) is 0 Å². The molecule has 2 amide bonds. The number of rotatable bonds is 5. The van der Waals surface area contributed by atoms with E-state index in [1.54, 1.807) is 5.48 Å². The average molecular weight is 286 g/mol. The van der Waals surface area contributed by atoms with Gasteiger partial charge in [0.25, 0.3) is 0 Å². The van der Waals surface area contributed by atoms with Gasteiger partial charge in [-0.3, -0.25) is 5.21 Å². The lowest BCUT2D eigenvalue weighted by Crippen LogP contribution is -2.35. The molecule has 0 spiro atoms. The zero-order valence-electron chi connectivity index (χ0n) is 11.7. The smallest absolute Gasteiger partial charge is 0.338 e. The van der Waals surface area contributed by atoms with Crippen LogP contribution in [0.15, 0.2) is 54.6 Å². The van der Waals surface area contributed by atoms with E-state index in [9.17, 15) is 4.79 Å². The van der Waals surface area contributed by atoms with Crippen LogP contribution in [0, 0.1) is 0 Å². The summed E-state index contributed by atoms with van der Waals surface area (Å²) < 4.78 is 5.83. The van der Waals surface area contributed by atoms with Gasteiger partial charge >= 0.3 is 6.03 Å². The second kappa shape index (κ2) is 7.31. The topological polar surface area (TPSA) is 70.6 Å². The van der Waals surface area contributed by atoms with Crippen LogP contribution in [0.4, 0.5) is 4.79 Å². The van der Waals surface area contributed by atoms with Gasteiger partial charge in [-0.25, -0.2) is 10.3 Å². The molecule has 0 saturated heterocycles. The van der Waals surface area contributed by atoms with Crippen molar-refractivity contribution < 1.29 is 14.7 Å². The van der Waals surface area contributed by atoms with E-state index in [4.69, 9.17) is 9.94 Å². The van der Waals surface area contributed by atoms with E-state index in [0.717, 1.165) is 11.1 Å². The molecular weight excluding hydrogens is 268 g/mol. The Morgan fingerprint density at radius 3 is 2.52 bits per heavy atom. The van der Waals surface area contributed by atoms with Crippen molar-refractivity contribution in [3.8, 4) is 5.75 Å². The number of para-hydroxylation sites is 1. The van der Waals surface area contributed by atoms with Crippen molar-refractivity contribution in [3.05, 3.63) is 65.7 Å². The van der Waals surface area contributed by atoms with Crippen molar-refractivity contribution in [1.82, 2.24) is 10.8 Å². The number of hydrogen-bond acceptors (Lipinski definition) is 3. The lowest BCUT2D eigenvalue weighted by Gasteiger charge is -2.18. The number of ether oxygens (including phenoxy) is 1. The molecule has 3 N–H and O–H groups in total. The third-order valence-corrected chi connectivity index (χ3v) is 3.07. The summed E-state index contributed by atoms with van der Waals surface area (Å²) in [6, 6.07) is 16.4. The molecule has 2 aromatic rings. The van der Waals surface area contributed by atoms with E-state index in [1.165, 1.54) is 0 Å². The van der Waals surface area contributed by atoms with Crippen LogP contribution in [0.5, 0.6) is 5.75 Å². The van der Waals surface area contributed by atoms with Gasteiger partial charge in [0.15, 0.2) is 0 Å². The number of amides is 2. The molecule has 0 aromatic heterocycles. The van der Waals surface area contributed by atoms with Crippen LogP contribution in [0.1, 0.15) is 24.1 Å². The summed E-state index contributed by atoms with van der Waals surface area (Å²) in [6.07, 6.45) is 0. The minimum absolute atomic E-state index is 0.288. The highest BCUT2D eigenvalue weighted by Gasteiger charge is 2.13. The van der Waals surface area contributed by atoms with E-state index in [0.29, 0.717) is 12.4 Å². The van der Waals surface area contributed by atoms with Crippen LogP contribution in [-0.4, -0.2) is 11.2 Å². The molecule has 0 radical (unpaired) electrons. The Balaban J connectivity index is 2.07. The summed E-state index contributed by atoms with van der Waals surface area (Å²) in [5, 5.41) is 11.2. The summed E-state index contributed by atoms with van der Waals surface area (Å²) in [7, 11) is 0. The Labute approximate surface area is 123 Å². The van der Waals surface area contributed by atoms with Crippen molar-refractivity contribution in [2.75, 3.05) is 0 Å². The van der Waals surface area contributed by atoms with Crippen molar-refractivity contribution in [1.29, 1.82) is 0 Å². The van der Waals surface area contributed by atoms with Crippen molar-refractivity contribution >= 4 is 6.03 Å². The highest BCUT2D eigenvalue weighted by Crippen LogP contribution is 2.25. The summed E-state index contributed by atoms with van der Waals surface area (Å²) in [6.45, 7) is 2.27. The molecule has 0 saturated carbocycles. The monoisotopic (exact) mass is 286 g/mol. The number of nitrogens with one attached hydrogen (secondary N) is 2. The predicted molar refractivity (Wildman–Crippen MR) is 79.1 cm³/mol. The molecular formula is C16H18N2O3. The molecule has 110 valence electrons. The normalized spacial score (nSPS) is 11.5. The van der Waals surface area contributed by atoms with Gasteiger partial charge in [0.1, 0.15) is 12.4 Å². The van der Waals surface area contributed by atoms with Crippen molar-refractivity contribution in [3.63, 3.8) is 0 Å². The van der Waals surface area contributed by atoms with Gasteiger partial charge in [-0.2, -0.15) is 0 Å². The number of carbonyl (C=O) groups excluding carboxylic acids is 1. The molecule has 5 heteroatoms. The minimum atomic E-state index is -0.652. The first-order valence-corrected chi connectivity index (χ1v) is 6.67. The summed E-state index contributed by atoms with van der Waals surface area (Å²) in [5.74, 6) is 0.701. The Morgan fingerprint density at radius 2 is 1.81 bits per heavy atom. The first kappa shape index (κ1) is 14.9. The summed E-state index contributed by atoms with van der Waals surface area (Å²) >= 11 is 0. The van der Waals surface area contributed by atoms with Crippen LogP contribution < -0.4 is 15.5 Å². The Kier molecular flexibility index (Phi) is 5.17. The maximum atomic E-state index is 11.2. The van der Waals surface area contributed by atoms with E-state index in [2.05, 4.69) is 5.32 Å². The van der Waals surface area contributed by atoms with Gasteiger partial charge in [0.05, 0.1) is 6.04 Å². The third kappa shape index (κ3) is 4.22. The Morgan fingerprint density at radius 1 is 1.14 bits per heavy atom. The zero-order chi connectivity index (χ0) is 15.1. The Hall–Kier alpha value is -2.53. The fraction of sp³-hybridized carbons (Fsp3) is 0.188. The predicted octanol–water partition coefficient (Wildman–Crippen LogP) is 3.02. The molecule has 5 nitrogen and oxygen atoms in total. The van der Waals surface area contributed by atoms with Crippen LogP contribution in [0.25, 0.3) is 0 Å². The molecule has 0 aliphatic rings. The van der Waals surface area contributed by atoms with Crippen molar-refractivity contribution in [2.45, 2.75) is 19.6 Å². The first-order chi connectivity index (χ1) is 10.2. The number of carbonyl (C=O) groups is 1. The number of hydrogen-bond donors (Lipinski definition) is 3. The van der Waals surface area contributed by atoms with Gasteiger partial charge in [-0.1, -0.05) is 48.5 Å². The van der Waals surface area contributed by atoms with E-state index in [1.807, 2.05) is 61.5 Å². The molecule has 21 heavy (non-hydrogen) atoms. The fourth-order valence-electron chi connectivity index (χ4n) is 2.01. The van der Waals surface area contributed by atoms with E-state index in [-0.39, 0.29) is 6.04 Å². The van der Waals surface area contributed by atoms with E-state index >= 15 is 0 Å². The molecule has 0 bridgehead atoms. The molecule has 0 heterocycles. The Bertz CT molecular complexity index is 587. The van der Waals surface area contributed by atoms with Gasteiger partial charge in [-0.15, -0.1) is 0 Å². The number of hydroxylamine groups is 1. The van der Waals surface area contributed by atoms with Gasteiger partial charge in [0, 0.05) is 5.56 Å². The van der Waals surface area contributed by atoms with Crippen molar-refractivity contribution in [2.24, 2.45) is 0 Å². The lowest BCUT2D eigenvalue weighted by molar-refractivity contribution is 0.159. The molecule has 0 fully saturated rings. The average Bonchev–Trinajstić information content (AvgIpc) is 2.54. The first-order valence-electron chi connectivity index (χ1n) is 6.67. The molecule has 1 unspecified atom stereocenters. The van der Waals surface area contributed by atoms with Crippen LogP contribution in [-0.2, 0) is 6.61 Å². The molecule has 0 aliphatic carbocycles. The number of urea groups is 1. The highest BCUT2D eigenvalue weighted by molar-refractivity contribution is 5.73. The summed E-state index contributed by atoms with van der Waals surface area (Å²) in [5.41, 5.74) is 3.47. The lowest BCUT2D eigenvalue weighted by atomic mass is 10.1. The van der Waals surface area contributed by atoms with Crippen LogP contribution >= 0.6 is 0 Å². The minimum Gasteiger partial charge on any atom is -0.489 e. The number of benzene rings is 2. The van der Waals surface area contributed by atoms with Gasteiger partial charge in [0.2, 0.25) is 0 Å². The second-order valence-electron chi connectivity index (χ2n) is 4.62. The van der Waals surface area contributed by atoms with E-state index < -0.39 is 6.03 Å². The molecule has 2 rings (SSSR count). The summed E-state index contributed by atoms with van der Waals surface area (Å²) in [4.78, 5) is 11.2. The molecule has 0 aliphatic heterocycles. The zero-order valence-corrected chi connectivity index (χ0v) is 11.7. The van der Waals surface area contributed by atoms with Crippen LogP contribution in [0.3, 0.4) is 0 Å². The maximum Gasteiger partial charge on any atom is 0.338 e. The quantitative estimate of drug-likeness (QED) is 0.584. The SMILES string of the molecule is CC(NC(=O)NO)c1ccccc1OCc1ccccc1. The largest absolute Gasteiger partial charge is 0.489 e. The standard InChI is InChI=1S/C16H18N2O3/c1-12(17-16(19)18-20)14-9-5-6-10-15(14)21-11-13-7-3-2-4-8-13/h2-10,12,20H,11H2,1H3,(H2,17,18,19). The highest BCUT2D eigenvalue weighted by atomic mass is 16.5. The van der Waals surface area contributed by atoms with Gasteiger partial charge < -0.3 is 10.1 Å². The molecule has 2 aromatic carbocycles. The van der Waals surface area contributed by atoms with Gasteiger partial charge in [-0.05, 0) is 18.6 Å². The molecule has 1 atom stereocenters. The second-order valence-corrected chi connectivity index (χ2v) is 4.62. The third-order valence-electron chi connectivity index (χ3n) is 3.07.